The predicted molar refractivity (Wildman–Crippen MR) is 70.6 cm³/mol. The average Bonchev–Trinajstić information content (AvgIpc) is 2.43. The molecule has 0 spiro atoms. The second-order valence-corrected chi connectivity index (χ2v) is 3.53. The zero-order chi connectivity index (χ0) is 15.0. The molecule has 0 heterocycles. The first-order valence-corrected chi connectivity index (χ1v) is 5.30. The van der Waals surface area contributed by atoms with Gasteiger partial charge in [0.2, 0.25) is 0 Å². The summed E-state index contributed by atoms with van der Waals surface area (Å²) in [5.41, 5.74) is 17.3. The van der Waals surface area contributed by atoms with E-state index in [0.717, 1.165) is 0 Å². The fourth-order valence-electron chi connectivity index (χ4n) is 1.57. The van der Waals surface area contributed by atoms with E-state index in [1.165, 1.54) is 12.1 Å². The summed E-state index contributed by atoms with van der Waals surface area (Å²) in [6.07, 6.45) is 0. The smallest absolute Gasteiger partial charge is 0.537 e. The third kappa shape index (κ3) is 4.09. The summed E-state index contributed by atoms with van der Waals surface area (Å²) in [5.74, 6) is 0.146. The minimum absolute atomic E-state index is 0.0887. The van der Waals surface area contributed by atoms with Crippen molar-refractivity contribution < 1.29 is 19.7 Å². The molecule has 0 unspecified atom stereocenters. The molecule has 0 fully saturated rings. The van der Waals surface area contributed by atoms with Crippen molar-refractivity contribution in [3.8, 4) is 5.75 Å². The maximum Gasteiger partial charge on any atom is 0.569 e. The van der Waals surface area contributed by atoms with Gasteiger partial charge in [0.15, 0.2) is 0 Å². The van der Waals surface area contributed by atoms with Crippen LogP contribution in [0, 0.1) is 0 Å². The van der Waals surface area contributed by atoms with Crippen LogP contribution in [0.3, 0.4) is 0 Å². The molecule has 0 aliphatic heterocycles. The molecule has 0 saturated heterocycles. The molecule has 1 aromatic carbocycles. The third-order valence-corrected chi connectivity index (χ3v) is 2.39. The number of benzene rings is 1. The van der Waals surface area contributed by atoms with Gasteiger partial charge >= 0.3 is 14.8 Å². The van der Waals surface area contributed by atoms with Crippen LogP contribution in [0.2, 0.25) is 0 Å². The molecule has 10 nitrogen and oxygen atoms in total. The van der Waals surface area contributed by atoms with E-state index in [-0.39, 0.29) is 24.3 Å². The second kappa shape index (κ2) is 7.95. The van der Waals surface area contributed by atoms with Gasteiger partial charge in [0, 0.05) is 9.82 Å². The molecule has 0 aliphatic carbocycles. The highest BCUT2D eigenvalue weighted by atomic mass is 16.5. The van der Waals surface area contributed by atoms with Crippen LogP contribution in [0.4, 0.5) is 0 Å². The lowest BCUT2D eigenvalue weighted by molar-refractivity contribution is 0.425. The number of hydrogen-bond acceptors (Lipinski definition) is 6. The van der Waals surface area contributed by atoms with Crippen LogP contribution in [0.25, 0.3) is 20.9 Å². The maximum absolute atomic E-state index is 9.29. The van der Waals surface area contributed by atoms with Gasteiger partial charge in [-0.05, 0) is 33.7 Å². The second-order valence-electron chi connectivity index (χ2n) is 3.53. The van der Waals surface area contributed by atoms with E-state index in [1.807, 2.05) is 0 Å². The molecule has 1 rings (SSSR count). The van der Waals surface area contributed by atoms with Crippen molar-refractivity contribution in [1.82, 2.24) is 0 Å². The highest BCUT2D eigenvalue weighted by Gasteiger charge is 2.19. The highest BCUT2D eigenvalue weighted by molar-refractivity contribution is 6.59. The van der Waals surface area contributed by atoms with Gasteiger partial charge in [0.05, 0.1) is 13.1 Å². The third-order valence-electron chi connectivity index (χ3n) is 2.39. The molecule has 101 valence electrons. The largest absolute Gasteiger partial charge is 0.569 e. The van der Waals surface area contributed by atoms with Crippen LogP contribution < -0.4 is 10.1 Å². The monoisotopic (exact) mass is 275 g/mol. The van der Waals surface area contributed by atoms with Gasteiger partial charge in [0.25, 0.3) is 0 Å². The van der Waals surface area contributed by atoms with Crippen LogP contribution in [-0.2, 0) is 13.1 Å². The van der Waals surface area contributed by atoms with Crippen molar-refractivity contribution in [1.29, 1.82) is 0 Å². The molecule has 0 saturated carbocycles. The molecule has 12 heteroatoms. The standard InChI is InChI=1S/C8H9B2N6O4/c11-15-13-3-5-2-8(20-9-17)6(4-14-16-12)1-7(5)10(18)19/h1-2,17-19H,3-4H2. The van der Waals surface area contributed by atoms with E-state index in [2.05, 4.69) is 20.1 Å². The summed E-state index contributed by atoms with van der Waals surface area (Å²) in [5, 5.41) is 33.9. The van der Waals surface area contributed by atoms with Crippen molar-refractivity contribution in [2.75, 3.05) is 0 Å². The lowest BCUT2D eigenvalue weighted by Gasteiger charge is -2.14. The number of azide groups is 2. The van der Waals surface area contributed by atoms with Crippen molar-refractivity contribution in [3.63, 3.8) is 0 Å². The van der Waals surface area contributed by atoms with Crippen LogP contribution in [0.15, 0.2) is 22.4 Å². The summed E-state index contributed by atoms with van der Waals surface area (Å²) in [6.45, 7) is -0.242. The van der Waals surface area contributed by atoms with Crippen molar-refractivity contribution >= 4 is 20.3 Å². The molecule has 3 N–H and O–H groups in total. The number of nitrogens with zero attached hydrogens (tertiary/aromatic N) is 6. The van der Waals surface area contributed by atoms with E-state index in [4.69, 9.17) is 20.7 Å². The maximum atomic E-state index is 9.29. The predicted octanol–water partition coefficient (Wildman–Crippen LogP) is -0.108. The molecular weight excluding hydrogens is 266 g/mol. The first kappa shape index (κ1) is 15.7. The van der Waals surface area contributed by atoms with Gasteiger partial charge < -0.3 is 19.7 Å². The summed E-state index contributed by atoms with van der Waals surface area (Å²) < 4.78 is 4.84. The summed E-state index contributed by atoms with van der Waals surface area (Å²) >= 11 is 0. The van der Waals surface area contributed by atoms with E-state index in [1.54, 1.807) is 0 Å². The Morgan fingerprint density at radius 3 is 2.25 bits per heavy atom. The average molecular weight is 275 g/mol. The topological polar surface area (TPSA) is 167 Å². The van der Waals surface area contributed by atoms with Gasteiger partial charge in [-0.25, -0.2) is 0 Å². The molecule has 0 atom stereocenters. The molecule has 1 radical (unpaired) electrons. The molecular formula is C8H9B2N6O4. The Labute approximate surface area is 114 Å². The Hall–Kier alpha value is -2.35. The van der Waals surface area contributed by atoms with E-state index in [0.29, 0.717) is 18.8 Å². The summed E-state index contributed by atoms with van der Waals surface area (Å²) in [4.78, 5) is 5.16. The summed E-state index contributed by atoms with van der Waals surface area (Å²) in [7, 11) is -1.36. The Morgan fingerprint density at radius 2 is 1.75 bits per heavy atom. The normalized spacial score (nSPS) is 9.15. The number of hydrogen-bond donors (Lipinski definition) is 3. The van der Waals surface area contributed by atoms with Gasteiger partial charge in [-0.2, -0.15) is 0 Å². The lowest BCUT2D eigenvalue weighted by atomic mass is 9.76. The summed E-state index contributed by atoms with van der Waals surface area (Å²) in [6, 6.07) is 2.69. The van der Waals surface area contributed by atoms with Gasteiger partial charge in [-0.15, -0.1) is 0 Å². The zero-order valence-electron chi connectivity index (χ0n) is 10.2. The quantitative estimate of drug-likeness (QED) is 0.273. The minimum Gasteiger partial charge on any atom is -0.537 e. The molecule has 0 aliphatic rings. The Morgan fingerprint density at radius 1 is 1.15 bits per heavy atom. The molecule has 20 heavy (non-hydrogen) atoms. The fraction of sp³-hybridized carbons (Fsp3) is 0.250. The van der Waals surface area contributed by atoms with E-state index in [9.17, 15) is 10.0 Å². The first-order valence-electron chi connectivity index (χ1n) is 5.30. The van der Waals surface area contributed by atoms with Crippen molar-refractivity contribution in [2.24, 2.45) is 10.2 Å². The molecule has 1 aromatic rings. The molecule has 0 amide bonds. The Bertz CT molecular complexity index is 570. The minimum atomic E-state index is -1.80. The Balaban J connectivity index is 3.32. The lowest BCUT2D eigenvalue weighted by Crippen LogP contribution is -2.33. The highest BCUT2D eigenvalue weighted by Crippen LogP contribution is 2.21. The van der Waals surface area contributed by atoms with Crippen LogP contribution >= 0.6 is 0 Å². The molecule has 0 bridgehead atoms. The van der Waals surface area contributed by atoms with Gasteiger partial charge in [0.1, 0.15) is 5.75 Å². The van der Waals surface area contributed by atoms with Crippen LogP contribution in [0.5, 0.6) is 5.75 Å². The van der Waals surface area contributed by atoms with Gasteiger partial charge in [-0.3, -0.25) is 0 Å². The van der Waals surface area contributed by atoms with Gasteiger partial charge in [-0.1, -0.05) is 16.3 Å². The first-order chi connectivity index (χ1) is 9.63. The molecule has 0 aromatic heterocycles. The van der Waals surface area contributed by atoms with Crippen molar-refractivity contribution in [3.05, 3.63) is 44.1 Å². The van der Waals surface area contributed by atoms with Crippen molar-refractivity contribution in [2.45, 2.75) is 13.1 Å². The van der Waals surface area contributed by atoms with Crippen LogP contribution in [-0.4, -0.2) is 29.9 Å². The fourth-order valence-corrected chi connectivity index (χ4v) is 1.57. The Kier molecular flexibility index (Phi) is 6.24. The van der Waals surface area contributed by atoms with E-state index >= 15 is 0 Å². The number of rotatable bonds is 7. The SMILES string of the molecule is [N-]=[N+]=NCc1cc(B(O)O)c(CN=[N+]=[N-])cc1O[B]O. The van der Waals surface area contributed by atoms with E-state index < -0.39 is 7.12 Å². The van der Waals surface area contributed by atoms with Crippen LogP contribution in [0.1, 0.15) is 11.1 Å². The zero-order valence-corrected chi connectivity index (χ0v) is 10.2.